The van der Waals surface area contributed by atoms with E-state index < -0.39 is 0 Å². The lowest BCUT2D eigenvalue weighted by atomic mass is 9.84. The highest BCUT2D eigenvalue weighted by Crippen LogP contribution is 2.27. The molecule has 17 heavy (non-hydrogen) atoms. The first-order valence-corrected chi connectivity index (χ1v) is 6.97. The second-order valence-electron chi connectivity index (χ2n) is 5.56. The smallest absolute Gasteiger partial charge is 0.0521 e. The van der Waals surface area contributed by atoms with E-state index in [0.717, 1.165) is 18.8 Å². The van der Waals surface area contributed by atoms with Gasteiger partial charge in [-0.1, -0.05) is 32.1 Å². The highest BCUT2D eigenvalue weighted by atomic mass is 15.2. The van der Waals surface area contributed by atoms with Gasteiger partial charge in [0.05, 0.1) is 6.20 Å². The topological polar surface area (TPSA) is 43.8 Å². The summed E-state index contributed by atoms with van der Waals surface area (Å²) in [5.41, 5.74) is 7.54. The molecule has 0 radical (unpaired) electrons. The Morgan fingerprint density at radius 1 is 1.41 bits per heavy atom. The maximum atomic E-state index is 6.23. The highest BCUT2D eigenvalue weighted by molar-refractivity contribution is 5.03. The zero-order valence-electron chi connectivity index (χ0n) is 10.9. The zero-order valence-corrected chi connectivity index (χ0v) is 10.9. The molecule has 0 amide bonds. The summed E-state index contributed by atoms with van der Waals surface area (Å²) in [5.74, 6) is 0.896. The van der Waals surface area contributed by atoms with Gasteiger partial charge in [0.15, 0.2) is 0 Å². The number of hydrogen-bond acceptors (Lipinski definition) is 2. The summed E-state index contributed by atoms with van der Waals surface area (Å²) in [6, 6.07) is 0.373. The summed E-state index contributed by atoms with van der Waals surface area (Å²) in [6.07, 6.45) is 14.5. The van der Waals surface area contributed by atoms with Crippen molar-refractivity contribution in [1.29, 1.82) is 0 Å². The van der Waals surface area contributed by atoms with Crippen molar-refractivity contribution >= 4 is 0 Å². The normalized spacial score (nSPS) is 19.4. The van der Waals surface area contributed by atoms with E-state index >= 15 is 0 Å². The van der Waals surface area contributed by atoms with Crippen LogP contribution in [0.2, 0.25) is 0 Å². The van der Waals surface area contributed by atoms with Crippen LogP contribution in [-0.2, 0) is 13.5 Å². The van der Waals surface area contributed by atoms with Crippen molar-refractivity contribution in [1.82, 2.24) is 9.78 Å². The molecule has 3 heteroatoms. The highest BCUT2D eigenvalue weighted by Gasteiger charge is 2.16. The summed E-state index contributed by atoms with van der Waals surface area (Å²) in [6.45, 7) is 0. The lowest BCUT2D eigenvalue weighted by Crippen LogP contribution is -2.25. The predicted molar refractivity (Wildman–Crippen MR) is 70.7 cm³/mol. The molecule has 0 saturated heterocycles. The van der Waals surface area contributed by atoms with Crippen LogP contribution in [-0.4, -0.2) is 15.8 Å². The minimum atomic E-state index is 0.373. The first-order chi connectivity index (χ1) is 8.24. The monoisotopic (exact) mass is 235 g/mol. The van der Waals surface area contributed by atoms with Crippen LogP contribution >= 0.6 is 0 Å². The summed E-state index contributed by atoms with van der Waals surface area (Å²) < 4.78 is 1.86. The van der Waals surface area contributed by atoms with Crippen LogP contribution in [0.5, 0.6) is 0 Å². The van der Waals surface area contributed by atoms with Gasteiger partial charge in [-0.2, -0.15) is 5.10 Å². The Morgan fingerprint density at radius 2 is 2.18 bits per heavy atom. The Bertz CT molecular complexity index is 326. The van der Waals surface area contributed by atoms with Crippen molar-refractivity contribution in [2.45, 2.75) is 57.4 Å². The number of nitrogens with two attached hydrogens (primary N) is 1. The summed E-state index contributed by atoms with van der Waals surface area (Å²) >= 11 is 0. The van der Waals surface area contributed by atoms with E-state index in [9.17, 15) is 0 Å². The number of rotatable bonds is 5. The second-order valence-corrected chi connectivity index (χ2v) is 5.56. The largest absolute Gasteiger partial charge is 0.328 e. The van der Waals surface area contributed by atoms with E-state index in [4.69, 9.17) is 5.73 Å². The second kappa shape index (κ2) is 6.20. The summed E-state index contributed by atoms with van der Waals surface area (Å²) in [5, 5.41) is 4.19. The van der Waals surface area contributed by atoms with E-state index in [1.165, 1.54) is 44.1 Å². The standard InChI is InChI=1S/C14H25N3/c1-17-11-13(10-16-17)7-8-14(15)9-12-5-3-2-4-6-12/h10-12,14H,2-9,15H2,1H3. The molecule has 1 aromatic rings. The van der Waals surface area contributed by atoms with Crippen molar-refractivity contribution in [2.24, 2.45) is 18.7 Å². The van der Waals surface area contributed by atoms with Crippen LogP contribution < -0.4 is 5.73 Å². The SMILES string of the molecule is Cn1cc(CCC(N)CC2CCCCC2)cn1. The molecule has 0 spiro atoms. The van der Waals surface area contributed by atoms with Gasteiger partial charge in [-0.3, -0.25) is 4.68 Å². The number of nitrogens with zero attached hydrogens (tertiary/aromatic N) is 2. The van der Waals surface area contributed by atoms with Crippen LogP contribution in [0, 0.1) is 5.92 Å². The number of aromatic nitrogens is 2. The quantitative estimate of drug-likeness (QED) is 0.852. The molecule has 1 aliphatic rings. The average Bonchev–Trinajstić information content (AvgIpc) is 2.74. The molecule has 1 heterocycles. The molecule has 0 aliphatic heterocycles. The summed E-state index contributed by atoms with van der Waals surface area (Å²) in [4.78, 5) is 0. The van der Waals surface area contributed by atoms with Gasteiger partial charge in [0.25, 0.3) is 0 Å². The van der Waals surface area contributed by atoms with Gasteiger partial charge >= 0.3 is 0 Å². The van der Waals surface area contributed by atoms with Gasteiger partial charge < -0.3 is 5.73 Å². The van der Waals surface area contributed by atoms with Crippen molar-refractivity contribution < 1.29 is 0 Å². The van der Waals surface area contributed by atoms with Crippen molar-refractivity contribution in [3.8, 4) is 0 Å². The third-order valence-electron chi connectivity index (χ3n) is 3.92. The Kier molecular flexibility index (Phi) is 4.60. The average molecular weight is 235 g/mol. The third kappa shape index (κ3) is 4.15. The predicted octanol–water partition coefficient (Wildman–Crippen LogP) is 2.65. The number of hydrogen-bond donors (Lipinski definition) is 1. The Labute approximate surface area is 104 Å². The first kappa shape index (κ1) is 12.6. The summed E-state index contributed by atoms with van der Waals surface area (Å²) in [7, 11) is 1.96. The van der Waals surface area contributed by atoms with E-state index in [-0.39, 0.29) is 0 Å². The Balaban J connectivity index is 1.68. The van der Waals surface area contributed by atoms with E-state index in [2.05, 4.69) is 11.3 Å². The van der Waals surface area contributed by atoms with E-state index in [1.54, 1.807) is 0 Å². The fraction of sp³-hybridized carbons (Fsp3) is 0.786. The van der Waals surface area contributed by atoms with Crippen LogP contribution in [0.15, 0.2) is 12.4 Å². The third-order valence-corrected chi connectivity index (χ3v) is 3.92. The molecular weight excluding hydrogens is 210 g/mol. The molecule has 3 nitrogen and oxygen atoms in total. The van der Waals surface area contributed by atoms with Gasteiger partial charge in [-0.05, 0) is 30.7 Å². The molecule has 1 unspecified atom stereocenters. The van der Waals surface area contributed by atoms with Crippen LogP contribution in [0.4, 0.5) is 0 Å². The molecule has 1 aromatic heterocycles. The van der Waals surface area contributed by atoms with Gasteiger partial charge in [0.2, 0.25) is 0 Å². The molecule has 1 atom stereocenters. The molecule has 1 saturated carbocycles. The van der Waals surface area contributed by atoms with E-state index in [0.29, 0.717) is 6.04 Å². The molecule has 1 aliphatic carbocycles. The van der Waals surface area contributed by atoms with Crippen molar-refractivity contribution in [2.75, 3.05) is 0 Å². The van der Waals surface area contributed by atoms with Crippen LogP contribution in [0.3, 0.4) is 0 Å². The lowest BCUT2D eigenvalue weighted by Gasteiger charge is -2.24. The Morgan fingerprint density at radius 3 is 2.82 bits per heavy atom. The molecule has 2 N–H and O–H groups in total. The minimum absolute atomic E-state index is 0.373. The Hall–Kier alpha value is -0.830. The van der Waals surface area contributed by atoms with Crippen molar-refractivity contribution in [3.63, 3.8) is 0 Å². The first-order valence-electron chi connectivity index (χ1n) is 6.97. The van der Waals surface area contributed by atoms with Crippen LogP contribution in [0.1, 0.15) is 50.5 Å². The maximum absolute atomic E-state index is 6.23. The molecule has 2 rings (SSSR count). The van der Waals surface area contributed by atoms with E-state index in [1.807, 2.05) is 17.9 Å². The fourth-order valence-electron chi connectivity index (χ4n) is 2.92. The van der Waals surface area contributed by atoms with Crippen LogP contribution in [0.25, 0.3) is 0 Å². The fourth-order valence-corrected chi connectivity index (χ4v) is 2.92. The molecule has 0 aromatic carbocycles. The molecule has 96 valence electrons. The van der Waals surface area contributed by atoms with Gasteiger partial charge in [-0.25, -0.2) is 0 Å². The molecule has 1 fully saturated rings. The van der Waals surface area contributed by atoms with Gasteiger partial charge in [-0.15, -0.1) is 0 Å². The molecule has 0 bridgehead atoms. The zero-order chi connectivity index (χ0) is 12.1. The van der Waals surface area contributed by atoms with Gasteiger partial charge in [0.1, 0.15) is 0 Å². The van der Waals surface area contributed by atoms with Crippen molar-refractivity contribution in [3.05, 3.63) is 18.0 Å². The lowest BCUT2D eigenvalue weighted by molar-refractivity contribution is 0.312. The maximum Gasteiger partial charge on any atom is 0.0521 e. The van der Waals surface area contributed by atoms with Gasteiger partial charge in [0, 0.05) is 19.3 Å². The minimum Gasteiger partial charge on any atom is -0.328 e. The molecular formula is C14H25N3. The number of aryl methyl sites for hydroxylation is 2.